The van der Waals surface area contributed by atoms with Crippen LogP contribution >= 0.6 is 0 Å². The number of ether oxygens (including phenoxy) is 1. The standard InChI is InChI=1S/C21H33N5O4/c1-4-11-25-19(28)17-13-16(18(27)22-10-7-12-30-3)24-26(17)14-21(25,2)20(29)23-15-8-5-6-9-15/h13,15H,4-12,14H2,1-3H3,(H,22,27)(H,23,29)/t21-/m1/s1. The molecular formula is C21H33N5O4. The Labute approximate surface area is 177 Å². The highest BCUT2D eigenvalue weighted by molar-refractivity contribution is 6.01. The summed E-state index contributed by atoms with van der Waals surface area (Å²) in [6.45, 7) is 5.49. The Morgan fingerprint density at radius 3 is 2.73 bits per heavy atom. The van der Waals surface area contributed by atoms with E-state index in [4.69, 9.17) is 4.74 Å². The lowest BCUT2D eigenvalue weighted by atomic mass is 9.94. The largest absolute Gasteiger partial charge is 0.385 e. The van der Waals surface area contributed by atoms with Gasteiger partial charge in [0.25, 0.3) is 11.8 Å². The number of fused-ring (bicyclic) bond motifs is 1. The molecule has 2 aliphatic rings. The second kappa shape index (κ2) is 9.59. The number of nitrogens with zero attached hydrogens (tertiary/aromatic N) is 3. The Balaban J connectivity index is 1.80. The molecule has 2 heterocycles. The summed E-state index contributed by atoms with van der Waals surface area (Å²) in [5.74, 6) is -0.749. The average molecular weight is 420 g/mol. The molecule has 30 heavy (non-hydrogen) atoms. The van der Waals surface area contributed by atoms with Crippen molar-refractivity contribution in [3.63, 3.8) is 0 Å². The maximum absolute atomic E-state index is 13.2. The molecule has 1 aliphatic carbocycles. The van der Waals surface area contributed by atoms with Crippen LogP contribution in [0.2, 0.25) is 0 Å². The fourth-order valence-corrected chi connectivity index (χ4v) is 4.25. The molecule has 9 nitrogen and oxygen atoms in total. The van der Waals surface area contributed by atoms with Crippen molar-refractivity contribution in [3.05, 3.63) is 17.5 Å². The lowest BCUT2D eigenvalue weighted by Gasteiger charge is -2.43. The molecule has 0 bridgehead atoms. The number of nitrogens with one attached hydrogen (secondary N) is 2. The molecule has 1 aliphatic heterocycles. The minimum atomic E-state index is -1.04. The first kappa shape index (κ1) is 22.3. The maximum atomic E-state index is 13.2. The summed E-state index contributed by atoms with van der Waals surface area (Å²) in [6, 6.07) is 1.69. The van der Waals surface area contributed by atoms with Gasteiger partial charge < -0.3 is 20.3 Å². The lowest BCUT2D eigenvalue weighted by molar-refractivity contribution is -0.133. The van der Waals surface area contributed by atoms with Crippen LogP contribution in [0.25, 0.3) is 0 Å². The molecule has 1 aromatic rings. The van der Waals surface area contributed by atoms with Crippen LogP contribution in [0, 0.1) is 0 Å². The van der Waals surface area contributed by atoms with Gasteiger partial charge in [0.15, 0.2) is 5.69 Å². The molecule has 0 radical (unpaired) electrons. The molecule has 9 heteroatoms. The van der Waals surface area contributed by atoms with Gasteiger partial charge in [0.2, 0.25) is 5.91 Å². The van der Waals surface area contributed by atoms with E-state index in [0.29, 0.717) is 31.8 Å². The summed E-state index contributed by atoms with van der Waals surface area (Å²) in [4.78, 5) is 40.5. The summed E-state index contributed by atoms with van der Waals surface area (Å²) < 4.78 is 6.48. The van der Waals surface area contributed by atoms with Gasteiger partial charge >= 0.3 is 0 Å². The number of carbonyl (C=O) groups is 3. The first-order valence-corrected chi connectivity index (χ1v) is 10.9. The SMILES string of the molecule is CCCN1C(=O)c2cc(C(=O)NCCCOC)nn2C[C@]1(C)C(=O)NC1CCCC1. The number of hydrogen-bond donors (Lipinski definition) is 2. The van der Waals surface area contributed by atoms with Gasteiger partial charge in [-0.05, 0) is 32.6 Å². The zero-order valence-corrected chi connectivity index (χ0v) is 18.2. The second-order valence-corrected chi connectivity index (χ2v) is 8.36. The summed E-state index contributed by atoms with van der Waals surface area (Å²) >= 11 is 0. The Morgan fingerprint density at radius 1 is 1.33 bits per heavy atom. The van der Waals surface area contributed by atoms with Gasteiger partial charge in [-0.1, -0.05) is 19.8 Å². The third-order valence-electron chi connectivity index (χ3n) is 5.97. The van der Waals surface area contributed by atoms with E-state index in [1.54, 1.807) is 18.9 Å². The number of carbonyl (C=O) groups excluding carboxylic acids is 3. The molecule has 0 unspecified atom stereocenters. The van der Waals surface area contributed by atoms with Crippen molar-refractivity contribution < 1.29 is 19.1 Å². The summed E-state index contributed by atoms with van der Waals surface area (Å²) in [7, 11) is 1.61. The van der Waals surface area contributed by atoms with E-state index in [2.05, 4.69) is 15.7 Å². The minimum absolute atomic E-state index is 0.150. The lowest BCUT2D eigenvalue weighted by Crippen LogP contribution is -2.65. The average Bonchev–Trinajstić information content (AvgIpc) is 3.38. The van der Waals surface area contributed by atoms with Gasteiger partial charge in [0.05, 0.1) is 6.54 Å². The van der Waals surface area contributed by atoms with Gasteiger partial charge in [-0.25, -0.2) is 0 Å². The van der Waals surface area contributed by atoms with Gasteiger partial charge in [-0.2, -0.15) is 5.10 Å². The zero-order chi connectivity index (χ0) is 21.7. The molecule has 0 aromatic carbocycles. The van der Waals surface area contributed by atoms with Gasteiger partial charge in [0.1, 0.15) is 11.2 Å². The van der Waals surface area contributed by atoms with Crippen LogP contribution < -0.4 is 10.6 Å². The molecule has 2 N–H and O–H groups in total. The van der Waals surface area contributed by atoms with E-state index in [1.807, 2.05) is 6.92 Å². The first-order valence-electron chi connectivity index (χ1n) is 10.9. The van der Waals surface area contributed by atoms with Crippen molar-refractivity contribution in [2.24, 2.45) is 0 Å². The molecule has 1 saturated carbocycles. The molecule has 0 saturated heterocycles. The predicted molar refractivity (Wildman–Crippen MR) is 111 cm³/mol. The van der Waals surface area contributed by atoms with Crippen molar-refractivity contribution >= 4 is 17.7 Å². The molecule has 1 fully saturated rings. The molecule has 1 aromatic heterocycles. The first-order chi connectivity index (χ1) is 14.4. The highest BCUT2D eigenvalue weighted by atomic mass is 16.5. The molecule has 3 rings (SSSR count). The second-order valence-electron chi connectivity index (χ2n) is 8.36. The van der Waals surface area contributed by atoms with Crippen LogP contribution in [-0.2, 0) is 16.1 Å². The minimum Gasteiger partial charge on any atom is -0.385 e. The van der Waals surface area contributed by atoms with Crippen molar-refractivity contribution in [1.82, 2.24) is 25.3 Å². The van der Waals surface area contributed by atoms with Crippen LogP contribution in [-0.4, -0.2) is 70.8 Å². The van der Waals surface area contributed by atoms with E-state index in [9.17, 15) is 14.4 Å². The van der Waals surface area contributed by atoms with Crippen molar-refractivity contribution in [3.8, 4) is 0 Å². The van der Waals surface area contributed by atoms with E-state index >= 15 is 0 Å². The smallest absolute Gasteiger partial charge is 0.273 e. The number of amides is 3. The van der Waals surface area contributed by atoms with Crippen LogP contribution in [0.1, 0.15) is 73.3 Å². The topological polar surface area (TPSA) is 106 Å². The summed E-state index contributed by atoms with van der Waals surface area (Å²) in [5, 5.41) is 10.3. The summed E-state index contributed by atoms with van der Waals surface area (Å²) in [5.41, 5.74) is -0.509. The molecule has 0 spiro atoms. The van der Waals surface area contributed by atoms with Crippen LogP contribution in [0.3, 0.4) is 0 Å². The quantitative estimate of drug-likeness (QED) is 0.588. The Bertz CT molecular complexity index is 786. The molecular weight excluding hydrogens is 386 g/mol. The van der Waals surface area contributed by atoms with Crippen LogP contribution in [0.15, 0.2) is 6.07 Å². The highest BCUT2D eigenvalue weighted by Crippen LogP contribution is 2.29. The van der Waals surface area contributed by atoms with Crippen molar-refractivity contribution in [2.75, 3.05) is 26.8 Å². The van der Waals surface area contributed by atoms with E-state index < -0.39 is 5.54 Å². The number of aromatic nitrogens is 2. The Morgan fingerprint density at radius 2 is 2.07 bits per heavy atom. The third-order valence-corrected chi connectivity index (χ3v) is 5.97. The molecule has 1 atom stereocenters. The maximum Gasteiger partial charge on any atom is 0.273 e. The van der Waals surface area contributed by atoms with Crippen molar-refractivity contribution in [1.29, 1.82) is 0 Å². The van der Waals surface area contributed by atoms with Crippen LogP contribution in [0.4, 0.5) is 0 Å². The number of hydrogen-bond acceptors (Lipinski definition) is 5. The van der Waals surface area contributed by atoms with E-state index in [0.717, 1.165) is 32.1 Å². The molecule has 166 valence electrons. The number of rotatable bonds is 9. The Hall–Kier alpha value is -2.42. The zero-order valence-electron chi connectivity index (χ0n) is 18.2. The highest BCUT2D eigenvalue weighted by Gasteiger charge is 2.48. The van der Waals surface area contributed by atoms with Gasteiger partial charge in [-0.15, -0.1) is 0 Å². The predicted octanol–water partition coefficient (Wildman–Crippen LogP) is 1.33. The van der Waals surface area contributed by atoms with E-state index in [-0.39, 0.29) is 36.0 Å². The molecule has 3 amide bonds. The van der Waals surface area contributed by atoms with Crippen LogP contribution in [0.5, 0.6) is 0 Å². The van der Waals surface area contributed by atoms with Gasteiger partial charge in [-0.3, -0.25) is 19.1 Å². The number of methoxy groups -OCH3 is 1. The fraction of sp³-hybridized carbons (Fsp3) is 0.714. The van der Waals surface area contributed by atoms with Gasteiger partial charge in [0, 0.05) is 38.9 Å². The third kappa shape index (κ3) is 4.50. The Kier molecular flexibility index (Phi) is 7.12. The van der Waals surface area contributed by atoms with E-state index in [1.165, 1.54) is 10.7 Å². The monoisotopic (exact) mass is 419 g/mol. The fourth-order valence-electron chi connectivity index (χ4n) is 4.25. The normalized spacial score (nSPS) is 21.6. The summed E-state index contributed by atoms with van der Waals surface area (Å²) in [6.07, 6.45) is 5.61. The van der Waals surface area contributed by atoms with Crippen molar-refractivity contribution in [2.45, 2.75) is 70.5 Å².